The van der Waals surface area contributed by atoms with Gasteiger partial charge in [0.2, 0.25) is 5.91 Å². The van der Waals surface area contributed by atoms with Crippen LogP contribution < -0.4 is 10.2 Å². The average molecular weight is 246 g/mol. The first-order valence-corrected chi connectivity index (χ1v) is 6.19. The van der Waals surface area contributed by atoms with Crippen molar-refractivity contribution < 1.29 is 9.59 Å². The maximum atomic E-state index is 12.2. The molecule has 1 N–H and O–H groups in total. The standard InChI is InChI=1S/C14H18N2O2/c1-16(2)11-7-5-10(6-8-11)13(17)12-4-3-9-15-14(12)18/h5-8,12H,3-4,9H2,1-2H3,(H,15,18). The maximum absolute atomic E-state index is 12.2. The summed E-state index contributed by atoms with van der Waals surface area (Å²) in [6, 6.07) is 7.38. The number of ketones is 1. The zero-order valence-electron chi connectivity index (χ0n) is 10.8. The van der Waals surface area contributed by atoms with Crippen LogP contribution in [0.2, 0.25) is 0 Å². The van der Waals surface area contributed by atoms with Crippen LogP contribution >= 0.6 is 0 Å². The highest BCUT2D eigenvalue weighted by molar-refractivity contribution is 6.10. The predicted octanol–water partition coefficient (Wildman–Crippen LogP) is 1.46. The molecule has 1 aromatic rings. The molecule has 18 heavy (non-hydrogen) atoms. The van der Waals surface area contributed by atoms with Gasteiger partial charge in [-0.15, -0.1) is 0 Å². The summed E-state index contributed by atoms with van der Waals surface area (Å²) in [6.45, 7) is 0.683. The van der Waals surface area contributed by atoms with Crippen LogP contribution in [0.25, 0.3) is 0 Å². The maximum Gasteiger partial charge on any atom is 0.230 e. The minimum atomic E-state index is -0.510. The lowest BCUT2D eigenvalue weighted by atomic mass is 9.90. The molecule has 1 aromatic carbocycles. The number of nitrogens with one attached hydrogen (secondary N) is 1. The lowest BCUT2D eigenvalue weighted by Gasteiger charge is -2.21. The van der Waals surface area contributed by atoms with Gasteiger partial charge in [-0.1, -0.05) is 0 Å². The smallest absolute Gasteiger partial charge is 0.230 e. The molecule has 96 valence electrons. The number of hydrogen-bond donors (Lipinski definition) is 1. The van der Waals surface area contributed by atoms with E-state index in [0.717, 1.165) is 12.1 Å². The predicted molar refractivity (Wildman–Crippen MR) is 70.8 cm³/mol. The lowest BCUT2D eigenvalue weighted by Crippen LogP contribution is -2.40. The molecule has 1 fully saturated rings. The van der Waals surface area contributed by atoms with Gasteiger partial charge in [0.1, 0.15) is 5.92 Å². The summed E-state index contributed by atoms with van der Waals surface area (Å²) < 4.78 is 0. The van der Waals surface area contributed by atoms with Crippen molar-refractivity contribution in [3.05, 3.63) is 29.8 Å². The minimum Gasteiger partial charge on any atom is -0.378 e. The van der Waals surface area contributed by atoms with Crippen LogP contribution in [0.1, 0.15) is 23.2 Å². The third-order valence-electron chi connectivity index (χ3n) is 3.27. The molecule has 1 heterocycles. The van der Waals surface area contributed by atoms with Crippen LogP contribution in [0.15, 0.2) is 24.3 Å². The van der Waals surface area contributed by atoms with E-state index in [1.807, 2.05) is 31.1 Å². The summed E-state index contributed by atoms with van der Waals surface area (Å²) in [5.41, 5.74) is 1.65. The highest BCUT2D eigenvalue weighted by atomic mass is 16.2. The molecule has 1 aliphatic rings. The highest BCUT2D eigenvalue weighted by Gasteiger charge is 2.29. The molecule has 0 radical (unpaired) electrons. The summed E-state index contributed by atoms with van der Waals surface area (Å²) in [5, 5.41) is 2.74. The molecule has 1 aliphatic heterocycles. The second-order valence-corrected chi connectivity index (χ2v) is 4.79. The highest BCUT2D eigenvalue weighted by Crippen LogP contribution is 2.19. The largest absolute Gasteiger partial charge is 0.378 e. The third-order valence-corrected chi connectivity index (χ3v) is 3.27. The topological polar surface area (TPSA) is 49.4 Å². The fraction of sp³-hybridized carbons (Fsp3) is 0.429. The van der Waals surface area contributed by atoms with Gasteiger partial charge in [0.15, 0.2) is 5.78 Å². The number of hydrogen-bond acceptors (Lipinski definition) is 3. The molecule has 0 bridgehead atoms. The van der Waals surface area contributed by atoms with Crippen molar-refractivity contribution in [2.24, 2.45) is 5.92 Å². The summed E-state index contributed by atoms with van der Waals surface area (Å²) in [6.07, 6.45) is 1.53. The van der Waals surface area contributed by atoms with E-state index >= 15 is 0 Å². The Morgan fingerprint density at radius 2 is 1.94 bits per heavy atom. The van der Waals surface area contributed by atoms with Crippen molar-refractivity contribution >= 4 is 17.4 Å². The summed E-state index contributed by atoms with van der Waals surface area (Å²) in [4.78, 5) is 25.8. The molecule has 1 saturated heterocycles. The van der Waals surface area contributed by atoms with E-state index in [1.165, 1.54) is 0 Å². The molecule has 0 aromatic heterocycles. The minimum absolute atomic E-state index is 0.0718. The van der Waals surface area contributed by atoms with Crippen molar-refractivity contribution in [2.75, 3.05) is 25.5 Å². The fourth-order valence-electron chi connectivity index (χ4n) is 2.15. The van der Waals surface area contributed by atoms with Crippen molar-refractivity contribution in [1.29, 1.82) is 0 Å². The Bertz CT molecular complexity index is 451. The molecule has 1 atom stereocenters. The van der Waals surface area contributed by atoms with Gasteiger partial charge in [-0.2, -0.15) is 0 Å². The van der Waals surface area contributed by atoms with Crippen LogP contribution in [0.3, 0.4) is 0 Å². The summed E-state index contributed by atoms with van der Waals surface area (Å²) in [5.74, 6) is -0.718. The number of nitrogens with zero attached hydrogens (tertiary/aromatic N) is 1. The molecular weight excluding hydrogens is 228 g/mol. The SMILES string of the molecule is CN(C)c1ccc(C(=O)C2CCCNC2=O)cc1. The van der Waals surface area contributed by atoms with Crippen LogP contribution in [-0.2, 0) is 4.79 Å². The number of anilines is 1. The second kappa shape index (κ2) is 5.21. The summed E-state index contributed by atoms with van der Waals surface area (Å²) >= 11 is 0. The van der Waals surface area contributed by atoms with Gasteiger partial charge < -0.3 is 10.2 Å². The Morgan fingerprint density at radius 3 is 2.50 bits per heavy atom. The van der Waals surface area contributed by atoms with Crippen LogP contribution in [-0.4, -0.2) is 32.3 Å². The van der Waals surface area contributed by atoms with Gasteiger partial charge in [-0.05, 0) is 37.1 Å². The number of carbonyl (C=O) groups is 2. The Balaban J connectivity index is 2.15. The molecule has 0 spiro atoms. The monoisotopic (exact) mass is 246 g/mol. The number of amides is 1. The number of benzene rings is 1. The van der Waals surface area contributed by atoms with Gasteiger partial charge >= 0.3 is 0 Å². The quantitative estimate of drug-likeness (QED) is 0.649. The summed E-state index contributed by atoms with van der Waals surface area (Å²) in [7, 11) is 3.90. The molecule has 0 aliphatic carbocycles. The first-order chi connectivity index (χ1) is 8.59. The fourth-order valence-corrected chi connectivity index (χ4v) is 2.15. The van der Waals surface area contributed by atoms with Crippen molar-refractivity contribution in [3.63, 3.8) is 0 Å². The Morgan fingerprint density at radius 1 is 1.28 bits per heavy atom. The van der Waals surface area contributed by atoms with Gasteiger partial charge in [-0.25, -0.2) is 0 Å². The number of carbonyl (C=O) groups excluding carboxylic acids is 2. The number of Topliss-reactive ketones (excluding diaryl/α,β-unsaturated/α-hetero) is 1. The Kier molecular flexibility index (Phi) is 3.65. The Labute approximate surface area is 107 Å². The number of piperidine rings is 1. The van der Waals surface area contributed by atoms with Crippen molar-refractivity contribution in [1.82, 2.24) is 5.32 Å². The van der Waals surface area contributed by atoms with Gasteiger partial charge in [-0.3, -0.25) is 9.59 Å². The first-order valence-electron chi connectivity index (χ1n) is 6.19. The van der Waals surface area contributed by atoms with E-state index < -0.39 is 5.92 Å². The van der Waals surface area contributed by atoms with Crippen LogP contribution in [0.4, 0.5) is 5.69 Å². The molecule has 4 nitrogen and oxygen atoms in total. The van der Waals surface area contributed by atoms with Crippen molar-refractivity contribution in [3.8, 4) is 0 Å². The van der Waals surface area contributed by atoms with E-state index in [-0.39, 0.29) is 11.7 Å². The van der Waals surface area contributed by atoms with Gasteiger partial charge in [0.25, 0.3) is 0 Å². The molecule has 2 rings (SSSR count). The molecule has 4 heteroatoms. The zero-order valence-corrected chi connectivity index (χ0v) is 10.8. The normalized spacial score (nSPS) is 19.2. The molecule has 1 unspecified atom stereocenters. The van der Waals surface area contributed by atoms with E-state index in [2.05, 4.69) is 5.32 Å². The van der Waals surface area contributed by atoms with E-state index in [4.69, 9.17) is 0 Å². The average Bonchev–Trinajstić information content (AvgIpc) is 2.38. The molecule has 1 amide bonds. The van der Waals surface area contributed by atoms with Crippen LogP contribution in [0, 0.1) is 5.92 Å². The molecule has 0 saturated carbocycles. The third kappa shape index (κ3) is 2.53. The van der Waals surface area contributed by atoms with Gasteiger partial charge in [0, 0.05) is 31.9 Å². The first kappa shape index (κ1) is 12.6. The van der Waals surface area contributed by atoms with E-state index in [1.54, 1.807) is 12.1 Å². The van der Waals surface area contributed by atoms with Gasteiger partial charge in [0.05, 0.1) is 0 Å². The van der Waals surface area contributed by atoms with Crippen LogP contribution in [0.5, 0.6) is 0 Å². The van der Waals surface area contributed by atoms with Crippen molar-refractivity contribution in [2.45, 2.75) is 12.8 Å². The second-order valence-electron chi connectivity index (χ2n) is 4.79. The van der Waals surface area contributed by atoms with E-state index in [0.29, 0.717) is 18.5 Å². The number of rotatable bonds is 3. The molecular formula is C14H18N2O2. The Hall–Kier alpha value is -1.84. The van der Waals surface area contributed by atoms with E-state index in [9.17, 15) is 9.59 Å². The lowest BCUT2D eigenvalue weighted by molar-refractivity contribution is -0.124. The zero-order chi connectivity index (χ0) is 13.1.